The average Bonchev–Trinajstić information content (AvgIpc) is 2.73. The predicted octanol–water partition coefficient (Wildman–Crippen LogP) is 2.76. The Morgan fingerprint density at radius 2 is 1.83 bits per heavy atom. The van der Waals surface area contributed by atoms with Crippen molar-refractivity contribution in [2.24, 2.45) is 5.73 Å². The highest BCUT2D eigenvalue weighted by molar-refractivity contribution is 6.55. The van der Waals surface area contributed by atoms with Crippen LogP contribution < -0.4 is 5.73 Å². The molecule has 0 radical (unpaired) electrons. The Kier molecular flexibility index (Phi) is 5.23. The number of benzene rings is 1. The van der Waals surface area contributed by atoms with Gasteiger partial charge in [-0.25, -0.2) is 4.79 Å². The molecular weight excluding hydrogens is 305 g/mol. The minimum absolute atomic E-state index is 0.328. The van der Waals surface area contributed by atoms with E-state index in [0.29, 0.717) is 12.1 Å². The predicted molar refractivity (Wildman–Crippen MR) is 95.6 cm³/mol. The van der Waals surface area contributed by atoms with Crippen molar-refractivity contribution in [2.75, 3.05) is 13.7 Å². The number of methoxy groups -OCH3 is 1. The summed E-state index contributed by atoms with van der Waals surface area (Å²) in [6.07, 6.45) is 1.97. The number of carbonyl (C=O) groups excluding carboxylic acids is 1. The molecule has 2 rings (SSSR count). The van der Waals surface area contributed by atoms with Crippen LogP contribution in [-0.4, -0.2) is 37.9 Å². The van der Waals surface area contributed by atoms with Crippen molar-refractivity contribution >= 4 is 19.2 Å². The number of nitrogens with two attached hydrogens (primary N) is 1. The van der Waals surface area contributed by atoms with Gasteiger partial charge >= 0.3 is 13.1 Å². The Balaban J connectivity index is 2.30. The molecule has 0 saturated carbocycles. The van der Waals surface area contributed by atoms with Gasteiger partial charge in [0.2, 0.25) is 0 Å². The van der Waals surface area contributed by atoms with Gasteiger partial charge in [-0.2, -0.15) is 0 Å². The fourth-order valence-electron chi connectivity index (χ4n) is 2.50. The molecule has 2 N–H and O–H groups in total. The molecule has 0 spiro atoms. The molecule has 0 amide bonds. The summed E-state index contributed by atoms with van der Waals surface area (Å²) < 4.78 is 16.9. The van der Waals surface area contributed by atoms with Crippen LogP contribution in [0.3, 0.4) is 0 Å². The molecule has 1 fully saturated rings. The second-order valence-corrected chi connectivity index (χ2v) is 7.07. The maximum atomic E-state index is 11.6. The van der Waals surface area contributed by atoms with Crippen molar-refractivity contribution in [1.82, 2.24) is 0 Å². The van der Waals surface area contributed by atoms with E-state index in [4.69, 9.17) is 19.8 Å². The van der Waals surface area contributed by atoms with Crippen LogP contribution in [0, 0.1) is 6.92 Å². The molecule has 0 atom stereocenters. The van der Waals surface area contributed by atoms with E-state index in [9.17, 15) is 4.79 Å². The molecule has 5 nitrogen and oxygen atoms in total. The molecule has 24 heavy (non-hydrogen) atoms. The van der Waals surface area contributed by atoms with E-state index in [1.807, 2.05) is 46.8 Å². The molecular formula is C18H26BNO4. The van der Waals surface area contributed by atoms with Crippen LogP contribution >= 0.6 is 0 Å². The van der Waals surface area contributed by atoms with E-state index < -0.39 is 18.3 Å². The third-order valence-electron chi connectivity index (χ3n) is 4.82. The monoisotopic (exact) mass is 331 g/mol. The molecule has 1 aliphatic heterocycles. The third kappa shape index (κ3) is 3.56. The standard InChI is InChI=1S/C18H26BNO4/c1-12-9-14(16(21)22-6)8-7-13(12)10-15(11-20)19-23-17(2,3)18(4,5)24-19/h7-10H,11,20H2,1-6H3. The molecule has 0 aliphatic carbocycles. The summed E-state index contributed by atoms with van der Waals surface area (Å²) in [7, 11) is 0.899. The zero-order chi connectivity index (χ0) is 18.1. The van der Waals surface area contributed by atoms with Crippen molar-refractivity contribution in [2.45, 2.75) is 45.8 Å². The van der Waals surface area contributed by atoms with Gasteiger partial charge in [0, 0.05) is 6.54 Å². The molecule has 1 saturated heterocycles. The summed E-state index contributed by atoms with van der Waals surface area (Å²) in [6.45, 7) is 10.3. The van der Waals surface area contributed by atoms with Gasteiger partial charge in [-0.15, -0.1) is 0 Å². The summed E-state index contributed by atoms with van der Waals surface area (Å²) in [5.74, 6) is -0.348. The third-order valence-corrected chi connectivity index (χ3v) is 4.82. The summed E-state index contributed by atoms with van der Waals surface area (Å²) in [6, 6.07) is 5.42. The van der Waals surface area contributed by atoms with Crippen LogP contribution in [0.5, 0.6) is 0 Å². The number of esters is 1. The minimum Gasteiger partial charge on any atom is -0.465 e. The maximum Gasteiger partial charge on any atom is 0.491 e. The van der Waals surface area contributed by atoms with E-state index >= 15 is 0 Å². The first kappa shape index (κ1) is 18.7. The zero-order valence-electron chi connectivity index (χ0n) is 15.3. The van der Waals surface area contributed by atoms with Crippen LogP contribution in [0.2, 0.25) is 0 Å². The van der Waals surface area contributed by atoms with Crippen molar-refractivity contribution in [3.63, 3.8) is 0 Å². The summed E-state index contributed by atoms with van der Waals surface area (Å²) in [4.78, 5) is 11.6. The normalized spacial score (nSPS) is 19.5. The van der Waals surface area contributed by atoms with Crippen molar-refractivity contribution < 1.29 is 18.8 Å². The van der Waals surface area contributed by atoms with Gasteiger partial charge < -0.3 is 19.8 Å². The highest BCUT2D eigenvalue weighted by Crippen LogP contribution is 2.38. The molecule has 6 heteroatoms. The number of ether oxygens (including phenoxy) is 1. The van der Waals surface area contributed by atoms with Gasteiger partial charge in [-0.3, -0.25) is 0 Å². The van der Waals surface area contributed by atoms with Gasteiger partial charge in [0.15, 0.2) is 0 Å². The quantitative estimate of drug-likeness (QED) is 0.678. The zero-order valence-corrected chi connectivity index (χ0v) is 15.3. The second-order valence-electron chi connectivity index (χ2n) is 7.07. The maximum absolute atomic E-state index is 11.6. The van der Waals surface area contributed by atoms with Gasteiger partial charge in [0.1, 0.15) is 0 Å². The molecule has 130 valence electrons. The van der Waals surface area contributed by atoms with E-state index in [0.717, 1.165) is 16.6 Å². The Labute approximate surface area is 144 Å². The fourth-order valence-corrected chi connectivity index (χ4v) is 2.50. The Hall–Kier alpha value is -1.63. The number of rotatable bonds is 4. The lowest BCUT2D eigenvalue weighted by Gasteiger charge is -2.32. The van der Waals surface area contributed by atoms with Crippen molar-refractivity contribution in [3.8, 4) is 0 Å². The smallest absolute Gasteiger partial charge is 0.465 e. The van der Waals surface area contributed by atoms with E-state index in [2.05, 4.69) is 0 Å². The Morgan fingerprint density at radius 1 is 1.25 bits per heavy atom. The molecule has 1 aliphatic rings. The molecule has 0 aromatic heterocycles. The second kappa shape index (κ2) is 6.71. The van der Waals surface area contributed by atoms with Crippen LogP contribution in [0.15, 0.2) is 23.7 Å². The van der Waals surface area contributed by atoms with E-state index in [1.54, 1.807) is 12.1 Å². The molecule has 1 aromatic carbocycles. The molecule has 0 unspecified atom stereocenters. The topological polar surface area (TPSA) is 70.8 Å². The Morgan fingerprint density at radius 3 is 2.29 bits per heavy atom. The molecule has 1 aromatic rings. The number of hydrogen-bond acceptors (Lipinski definition) is 5. The van der Waals surface area contributed by atoms with E-state index in [1.165, 1.54) is 7.11 Å². The molecule has 1 heterocycles. The van der Waals surface area contributed by atoms with Crippen LogP contribution in [-0.2, 0) is 14.0 Å². The van der Waals surface area contributed by atoms with Crippen molar-refractivity contribution in [3.05, 3.63) is 40.4 Å². The summed E-state index contributed by atoms with van der Waals surface area (Å²) >= 11 is 0. The van der Waals surface area contributed by atoms with Crippen LogP contribution in [0.25, 0.3) is 6.08 Å². The van der Waals surface area contributed by atoms with E-state index in [-0.39, 0.29) is 5.97 Å². The lowest BCUT2D eigenvalue weighted by atomic mass is 9.77. The first-order valence-electron chi connectivity index (χ1n) is 8.06. The first-order chi connectivity index (χ1) is 11.1. The van der Waals surface area contributed by atoms with Gasteiger partial charge in [0.25, 0.3) is 0 Å². The average molecular weight is 331 g/mol. The van der Waals surface area contributed by atoms with Gasteiger partial charge in [-0.1, -0.05) is 12.1 Å². The Bertz CT molecular complexity index is 651. The first-order valence-corrected chi connectivity index (χ1v) is 8.06. The minimum atomic E-state index is -0.473. The highest BCUT2D eigenvalue weighted by Gasteiger charge is 2.52. The molecule has 0 bridgehead atoms. The van der Waals surface area contributed by atoms with Gasteiger partial charge in [0.05, 0.1) is 23.9 Å². The number of hydrogen-bond donors (Lipinski definition) is 1. The van der Waals surface area contributed by atoms with Gasteiger partial charge in [-0.05, 0) is 63.4 Å². The number of carbonyl (C=O) groups is 1. The van der Waals surface area contributed by atoms with Crippen LogP contribution in [0.1, 0.15) is 49.2 Å². The fraction of sp³-hybridized carbons (Fsp3) is 0.500. The highest BCUT2D eigenvalue weighted by atomic mass is 16.7. The summed E-state index contributed by atoms with van der Waals surface area (Å²) in [5.41, 5.74) is 8.43. The lowest BCUT2D eigenvalue weighted by Crippen LogP contribution is -2.41. The lowest BCUT2D eigenvalue weighted by molar-refractivity contribution is 0.00578. The largest absolute Gasteiger partial charge is 0.491 e. The van der Waals surface area contributed by atoms with Crippen LogP contribution in [0.4, 0.5) is 0 Å². The number of aryl methyl sites for hydroxylation is 1. The summed E-state index contributed by atoms with van der Waals surface area (Å²) in [5, 5.41) is 0. The SMILES string of the molecule is COC(=O)c1ccc(C=C(CN)B2OC(C)(C)C(C)(C)O2)c(C)c1. The van der Waals surface area contributed by atoms with Crippen molar-refractivity contribution in [1.29, 1.82) is 0 Å².